The van der Waals surface area contributed by atoms with Gasteiger partial charge in [0.05, 0.1) is 11.5 Å². The van der Waals surface area contributed by atoms with Crippen molar-refractivity contribution in [2.45, 2.75) is 19.4 Å². The van der Waals surface area contributed by atoms with E-state index in [1.165, 1.54) is 24.3 Å². The number of benzene rings is 3. The van der Waals surface area contributed by atoms with Crippen molar-refractivity contribution in [3.8, 4) is 11.5 Å². The number of para-hydroxylation sites is 1. The summed E-state index contributed by atoms with van der Waals surface area (Å²) in [6, 6.07) is 21.5. The Hall–Kier alpha value is -3.68. The van der Waals surface area contributed by atoms with Crippen LogP contribution >= 0.6 is 7.75 Å². The summed E-state index contributed by atoms with van der Waals surface area (Å²) < 4.78 is 30.2. The predicted octanol–water partition coefficient (Wildman–Crippen LogP) is 4.92. The molecule has 3 aromatic rings. The number of rotatable bonds is 11. The zero-order valence-electron chi connectivity index (χ0n) is 17.8. The van der Waals surface area contributed by atoms with E-state index in [1.807, 2.05) is 30.3 Å². The number of carbonyl (C=O) groups is 1. The first-order valence-electron chi connectivity index (χ1n) is 10.2. The molecule has 33 heavy (non-hydrogen) atoms. The lowest BCUT2D eigenvalue weighted by Crippen LogP contribution is -2.40. The highest BCUT2D eigenvalue weighted by Crippen LogP contribution is 2.45. The van der Waals surface area contributed by atoms with Crippen molar-refractivity contribution in [3.63, 3.8) is 0 Å². The number of esters is 1. The van der Waals surface area contributed by atoms with Crippen LogP contribution in [0, 0.1) is 10.1 Å². The van der Waals surface area contributed by atoms with Gasteiger partial charge in [0.25, 0.3) is 5.69 Å². The van der Waals surface area contributed by atoms with Crippen LogP contribution in [0.1, 0.15) is 12.5 Å². The Morgan fingerprint density at radius 3 is 2.03 bits per heavy atom. The standard InChI is InChI=1S/C23H23N2O7P/c1-2-30-23(26)22(17-18-9-5-3-6-10-18)24-33(29,31-20-11-7-4-8-12-20)32-21-15-13-19(14-16-21)25(27)28/h3-16,22H,2,17H2,1H3,(H,24,29)/t22-,33?/m0/s1. The second-order valence-electron chi connectivity index (χ2n) is 6.87. The molecule has 0 saturated heterocycles. The number of hydrogen-bond donors (Lipinski definition) is 1. The number of nitrogens with zero attached hydrogens (tertiary/aromatic N) is 1. The van der Waals surface area contributed by atoms with Crippen LogP contribution in [0.4, 0.5) is 5.69 Å². The number of nitro benzene ring substituents is 1. The molecule has 9 nitrogen and oxygen atoms in total. The quantitative estimate of drug-likeness (QED) is 0.182. The number of ether oxygens (including phenoxy) is 1. The molecule has 0 aliphatic heterocycles. The zero-order valence-corrected chi connectivity index (χ0v) is 18.7. The van der Waals surface area contributed by atoms with E-state index in [9.17, 15) is 19.5 Å². The highest BCUT2D eigenvalue weighted by Gasteiger charge is 2.36. The van der Waals surface area contributed by atoms with Crippen LogP contribution in [0.3, 0.4) is 0 Å². The monoisotopic (exact) mass is 470 g/mol. The van der Waals surface area contributed by atoms with Gasteiger partial charge in [-0.2, -0.15) is 5.09 Å². The number of nitro groups is 1. The number of hydrogen-bond acceptors (Lipinski definition) is 7. The highest BCUT2D eigenvalue weighted by molar-refractivity contribution is 7.52. The minimum absolute atomic E-state index is 0.0645. The Morgan fingerprint density at radius 2 is 1.48 bits per heavy atom. The maximum atomic E-state index is 13.8. The zero-order chi connectivity index (χ0) is 23.7. The third-order valence-corrected chi connectivity index (χ3v) is 5.94. The molecule has 0 bridgehead atoms. The van der Waals surface area contributed by atoms with E-state index in [0.717, 1.165) is 5.56 Å². The van der Waals surface area contributed by atoms with E-state index in [-0.39, 0.29) is 30.2 Å². The summed E-state index contributed by atoms with van der Waals surface area (Å²) in [5.41, 5.74) is 0.659. The largest absolute Gasteiger partial charge is 0.513 e. The van der Waals surface area contributed by atoms with Crippen LogP contribution in [0.25, 0.3) is 0 Å². The molecule has 0 fully saturated rings. The Morgan fingerprint density at radius 1 is 0.939 bits per heavy atom. The van der Waals surface area contributed by atoms with Crippen LogP contribution in [0.5, 0.6) is 11.5 Å². The van der Waals surface area contributed by atoms with Gasteiger partial charge in [0, 0.05) is 12.1 Å². The smallest absolute Gasteiger partial charge is 0.465 e. The molecule has 0 radical (unpaired) electrons. The Balaban J connectivity index is 1.90. The Labute approximate surface area is 191 Å². The maximum Gasteiger partial charge on any atom is 0.513 e. The normalized spacial score (nSPS) is 13.4. The third-order valence-electron chi connectivity index (χ3n) is 4.41. The van der Waals surface area contributed by atoms with Gasteiger partial charge in [0.2, 0.25) is 0 Å². The molecule has 1 unspecified atom stereocenters. The number of non-ortho nitro benzene ring substituents is 1. The van der Waals surface area contributed by atoms with Crippen molar-refractivity contribution in [1.29, 1.82) is 0 Å². The molecule has 0 heterocycles. The van der Waals surface area contributed by atoms with Gasteiger partial charge in [-0.1, -0.05) is 48.5 Å². The summed E-state index contributed by atoms with van der Waals surface area (Å²) in [7, 11) is -4.19. The summed E-state index contributed by atoms with van der Waals surface area (Å²) in [5.74, 6) is -0.308. The fraction of sp³-hybridized carbons (Fsp3) is 0.174. The van der Waals surface area contributed by atoms with Gasteiger partial charge in [-0.15, -0.1) is 0 Å². The molecule has 0 aliphatic carbocycles. The van der Waals surface area contributed by atoms with Gasteiger partial charge in [-0.05, 0) is 43.2 Å². The Bertz CT molecular complexity index is 1110. The molecule has 3 rings (SSSR count). The lowest BCUT2D eigenvalue weighted by molar-refractivity contribution is -0.384. The first-order chi connectivity index (χ1) is 15.9. The van der Waals surface area contributed by atoms with Crippen molar-refractivity contribution >= 4 is 19.4 Å². The lowest BCUT2D eigenvalue weighted by atomic mass is 10.1. The molecule has 3 aromatic carbocycles. The highest BCUT2D eigenvalue weighted by atomic mass is 31.2. The Kier molecular flexibility index (Phi) is 8.18. The number of carbonyl (C=O) groups excluding carboxylic acids is 1. The van der Waals surface area contributed by atoms with E-state index in [0.29, 0.717) is 0 Å². The van der Waals surface area contributed by atoms with Gasteiger partial charge in [0.1, 0.15) is 17.5 Å². The summed E-state index contributed by atoms with van der Waals surface area (Å²) in [4.78, 5) is 23.0. The molecule has 2 atom stereocenters. The van der Waals surface area contributed by atoms with E-state index in [2.05, 4.69) is 5.09 Å². The van der Waals surface area contributed by atoms with Gasteiger partial charge in [0.15, 0.2) is 0 Å². The average Bonchev–Trinajstić information content (AvgIpc) is 2.80. The van der Waals surface area contributed by atoms with Gasteiger partial charge in [-0.25, -0.2) is 4.57 Å². The molecule has 0 amide bonds. The molecule has 172 valence electrons. The minimum Gasteiger partial charge on any atom is -0.465 e. The molecule has 1 N–H and O–H groups in total. The van der Waals surface area contributed by atoms with Crippen LogP contribution in [0.15, 0.2) is 84.9 Å². The van der Waals surface area contributed by atoms with Crippen molar-refractivity contribution in [1.82, 2.24) is 5.09 Å². The second-order valence-corrected chi connectivity index (χ2v) is 8.49. The summed E-state index contributed by atoms with van der Waals surface area (Å²) in [6.45, 7) is 1.81. The molecule has 0 saturated carbocycles. The van der Waals surface area contributed by atoms with Crippen LogP contribution in [0.2, 0.25) is 0 Å². The SMILES string of the molecule is CCOC(=O)[C@H](Cc1ccccc1)NP(=O)(Oc1ccccc1)Oc1ccc([N+](=O)[O-])cc1. The van der Waals surface area contributed by atoms with Crippen molar-refractivity contribution in [2.24, 2.45) is 0 Å². The first kappa shape index (κ1) is 24.0. The van der Waals surface area contributed by atoms with Crippen LogP contribution in [-0.2, 0) is 20.5 Å². The second kappa shape index (κ2) is 11.3. The average molecular weight is 470 g/mol. The van der Waals surface area contributed by atoms with Crippen molar-refractivity contribution in [2.75, 3.05) is 6.61 Å². The topological polar surface area (TPSA) is 117 Å². The molecular formula is C23H23N2O7P. The van der Waals surface area contributed by atoms with E-state index >= 15 is 0 Å². The minimum atomic E-state index is -4.19. The number of nitrogens with one attached hydrogen (secondary N) is 1. The van der Waals surface area contributed by atoms with Gasteiger partial charge >= 0.3 is 13.7 Å². The predicted molar refractivity (Wildman–Crippen MR) is 122 cm³/mol. The molecule has 10 heteroatoms. The fourth-order valence-electron chi connectivity index (χ4n) is 2.92. The van der Waals surface area contributed by atoms with E-state index in [1.54, 1.807) is 37.3 Å². The fourth-order valence-corrected chi connectivity index (χ4v) is 4.44. The molecule has 0 spiro atoms. The van der Waals surface area contributed by atoms with E-state index < -0.39 is 24.7 Å². The molecule has 0 aliphatic rings. The van der Waals surface area contributed by atoms with Gasteiger partial charge < -0.3 is 13.8 Å². The molecular weight excluding hydrogens is 447 g/mol. The summed E-state index contributed by atoms with van der Waals surface area (Å²) >= 11 is 0. The van der Waals surface area contributed by atoms with Crippen molar-refractivity contribution in [3.05, 3.63) is 101 Å². The van der Waals surface area contributed by atoms with Gasteiger partial charge in [-0.3, -0.25) is 14.9 Å². The first-order valence-corrected chi connectivity index (χ1v) is 11.7. The summed E-state index contributed by atoms with van der Waals surface area (Å²) in [5, 5.41) is 13.6. The van der Waals surface area contributed by atoms with Crippen LogP contribution in [-0.4, -0.2) is 23.5 Å². The lowest BCUT2D eigenvalue weighted by Gasteiger charge is -2.25. The maximum absolute atomic E-state index is 13.8. The molecule has 0 aromatic heterocycles. The summed E-state index contributed by atoms with van der Waals surface area (Å²) in [6.07, 6.45) is 0.172. The third kappa shape index (κ3) is 7.17. The van der Waals surface area contributed by atoms with Crippen molar-refractivity contribution < 1.29 is 28.1 Å². The van der Waals surface area contributed by atoms with E-state index in [4.69, 9.17) is 13.8 Å². The van der Waals surface area contributed by atoms with Crippen LogP contribution < -0.4 is 14.1 Å².